The van der Waals surface area contributed by atoms with E-state index < -0.39 is 27.9 Å². The van der Waals surface area contributed by atoms with Gasteiger partial charge in [0.2, 0.25) is 0 Å². The Labute approximate surface area is 193 Å². The molecule has 0 spiro atoms. The van der Waals surface area contributed by atoms with Crippen molar-refractivity contribution in [3.8, 4) is 0 Å². The van der Waals surface area contributed by atoms with Crippen molar-refractivity contribution >= 4 is 27.6 Å². The molecule has 0 aromatic heterocycles. The first kappa shape index (κ1) is 24.7. The third-order valence-corrected chi connectivity index (χ3v) is 7.31. The zero-order valence-corrected chi connectivity index (χ0v) is 19.7. The molecule has 0 bridgehead atoms. The van der Waals surface area contributed by atoms with E-state index in [1.807, 2.05) is 0 Å². The monoisotopic (exact) mass is 476 g/mol. The standard InChI is InChI=1S/C24H29FN2O5S/c1-15-12-13-18(33(30,31)27-22-11-7-5-9-20(22)25)14-19(15)24(29)32-17(3)23(28)26-21-10-6-4-8-16(21)2/h5,7,9,11-14,16-17,21,27H,4,6,8,10H2,1-3H3,(H,26,28)/t16-,17-,21-/m1/s1. The minimum Gasteiger partial charge on any atom is -0.449 e. The van der Waals surface area contributed by atoms with Crippen LogP contribution in [-0.2, 0) is 19.6 Å². The molecule has 0 aliphatic heterocycles. The second-order valence-electron chi connectivity index (χ2n) is 8.49. The Morgan fingerprint density at radius 3 is 2.52 bits per heavy atom. The molecule has 33 heavy (non-hydrogen) atoms. The summed E-state index contributed by atoms with van der Waals surface area (Å²) in [6, 6.07) is 9.36. The van der Waals surface area contributed by atoms with Gasteiger partial charge in [-0.1, -0.05) is 38.0 Å². The first-order chi connectivity index (χ1) is 15.6. The number of esters is 1. The van der Waals surface area contributed by atoms with Gasteiger partial charge in [-0.05, 0) is 62.4 Å². The average Bonchev–Trinajstić information content (AvgIpc) is 2.76. The number of para-hydroxylation sites is 1. The van der Waals surface area contributed by atoms with Gasteiger partial charge in [0, 0.05) is 6.04 Å². The Hall–Kier alpha value is -2.94. The molecule has 178 valence electrons. The summed E-state index contributed by atoms with van der Waals surface area (Å²) in [4.78, 5) is 25.1. The third-order valence-electron chi connectivity index (χ3n) is 5.95. The van der Waals surface area contributed by atoms with Crippen molar-refractivity contribution < 1.29 is 27.1 Å². The number of hydrogen-bond donors (Lipinski definition) is 2. The van der Waals surface area contributed by atoms with E-state index in [1.165, 1.54) is 37.3 Å². The number of aryl methyl sites for hydroxylation is 1. The summed E-state index contributed by atoms with van der Waals surface area (Å²) in [7, 11) is -4.16. The lowest BCUT2D eigenvalue weighted by molar-refractivity contribution is -0.130. The first-order valence-corrected chi connectivity index (χ1v) is 12.5. The molecule has 3 atom stereocenters. The number of sulfonamides is 1. The van der Waals surface area contributed by atoms with E-state index in [1.54, 1.807) is 6.92 Å². The Kier molecular flexibility index (Phi) is 7.73. The van der Waals surface area contributed by atoms with Crippen molar-refractivity contribution in [2.24, 2.45) is 5.92 Å². The number of rotatable bonds is 7. The molecule has 1 amide bonds. The van der Waals surface area contributed by atoms with E-state index in [0.717, 1.165) is 37.8 Å². The predicted molar refractivity (Wildman–Crippen MR) is 123 cm³/mol. The van der Waals surface area contributed by atoms with Gasteiger partial charge in [-0.2, -0.15) is 0 Å². The maximum Gasteiger partial charge on any atom is 0.339 e. The molecule has 7 nitrogen and oxygen atoms in total. The lowest BCUT2D eigenvalue weighted by Crippen LogP contribution is -2.46. The van der Waals surface area contributed by atoms with E-state index in [-0.39, 0.29) is 28.1 Å². The van der Waals surface area contributed by atoms with Crippen LogP contribution in [0.5, 0.6) is 0 Å². The molecule has 1 saturated carbocycles. The number of halogens is 1. The Bertz CT molecular complexity index is 1140. The summed E-state index contributed by atoms with van der Waals surface area (Å²) < 4.78 is 46.8. The summed E-state index contributed by atoms with van der Waals surface area (Å²) in [6.45, 7) is 5.20. The number of nitrogens with one attached hydrogen (secondary N) is 2. The Morgan fingerprint density at radius 1 is 1.12 bits per heavy atom. The fraction of sp³-hybridized carbons (Fsp3) is 0.417. The van der Waals surface area contributed by atoms with Crippen molar-refractivity contribution in [2.75, 3.05) is 4.72 Å². The van der Waals surface area contributed by atoms with Crippen LogP contribution >= 0.6 is 0 Å². The zero-order valence-electron chi connectivity index (χ0n) is 18.9. The van der Waals surface area contributed by atoms with E-state index in [0.29, 0.717) is 11.5 Å². The third kappa shape index (κ3) is 6.10. The second kappa shape index (κ2) is 10.3. The molecule has 3 rings (SSSR count). The number of carbonyl (C=O) groups is 2. The van der Waals surface area contributed by atoms with Crippen molar-refractivity contribution in [1.82, 2.24) is 5.32 Å². The minimum absolute atomic E-state index is 0.0112. The van der Waals surface area contributed by atoms with Gasteiger partial charge >= 0.3 is 5.97 Å². The number of benzene rings is 2. The molecule has 0 saturated heterocycles. The van der Waals surface area contributed by atoms with Gasteiger partial charge in [-0.25, -0.2) is 17.6 Å². The van der Waals surface area contributed by atoms with Gasteiger partial charge in [0.05, 0.1) is 16.1 Å². The van der Waals surface area contributed by atoms with Gasteiger partial charge in [-0.15, -0.1) is 0 Å². The number of ether oxygens (including phenoxy) is 1. The van der Waals surface area contributed by atoms with Crippen LogP contribution in [0, 0.1) is 18.7 Å². The van der Waals surface area contributed by atoms with E-state index in [9.17, 15) is 22.4 Å². The minimum atomic E-state index is -4.16. The maximum absolute atomic E-state index is 13.9. The lowest BCUT2D eigenvalue weighted by atomic mass is 9.86. The summed E-state index contributed by atoms with van der Waals surface area (Å²) in [5.74, 6) is -1.56. The molecule has 2 N–H and O–H groups in total. The van der Waals surface area contributed by atoms with Crippen LogP contribution < -0.4 is 10.0 Å². The van der Waals surface area contributed by atoms with Crippen molar-refractivity contribution in [1.29, 1.82) is 0 Å². The van der Waals surface area contributed by atoms with Crippen LogP contribution in [0.25, 0.3) is 0 Å². The average molecular weight is 477 g/mol. The largest absolute Gasteiger partial charge is 0.449 e. The Morgan fingerprint density at radius 2 is 1.82 bits per heavy atom. The topological polar surface area (TPSA) is 102 Å². The highest BCUT2D eigenvalue weighted by Crippen LogP contribution is 2.24. The fourth-order valence-electron chi connectivity index (χ4n) is 3.84. The molecule has 0 heterocycles. The van der Waals surface area contributed by atoms with Crippen molar-refractivity contribution in [3.05, 3.63) is 59.4 Å². The van der Waals surface area contributed by atoms with Crippen molar-refractivity contribution in [2.45, 2.75) is 63.5 Å². The predicted octanol–water partition coefficient (Wildman–Crippen LogP) is 4.18. The SMILES string of the molecule is Cc1ccc(S(=O)(=O)Nc2ccccc2F)cc1C(=O)O[C@H](C)C(=O)N[C@@H]1CCCC[C@H]1C. The molecule has 0 radical (unpaired) electrons. The maximum atomic E-state index is 13.9. The molecule has 0 unspecified atom stereocenters. The van der Waals surface area contributed by atoms with Crippen LogP contribution in [0.3, 0.4) is 0 Å². The highest BCUT2D eigenvalue weighted by molar-refractivity contribution is 7.92. The molecule has 2 aromatic rings. The van der Waals surface area contributed by atoms with Crippen LogP contribution in [0.4, 0.5) is 10.1 Å². The number of hydrogen-bond acceptors (Lipinski definition) is 5. The Balaban J connectivity index is 1.72. The number of amides is 1. The highest BCUT2D eigenvalue weighted by Gasteiger charge is 2.27. The highest BCUT2D eigenvalue weighted by atomic mass is 32.2. The quantitative estimate of drug-likeness (QED) is 0.584. The van der Waals surface area contributed by atoms with Crippen molar-refractivity contribution in [3.63, 3.8) is 0 Å². The van der Waals surface area contributed by atoms with Gasteiger partial charge in [0.15, 0.2) is 6.10 Å². The van der Waals surface area contributed by atoms with Gasteiger partial charge < -0.3 is 10.1 Å². The van der Waals surface area contributed by atoms with E-state index in [4.69, 9.17) is 4.74 Å². The summed E-state index contributed by atoms with van der Waals surface area (Å²) >= 11 is 0. The van der Waals surface area contributed by atoms with Gasteiger partial charge in [0.1, 0.15) is 5.82 Å². The molecule has 1 aliphatic rings. The number of carbonyl (C=O) groups excluding carboxylic acids is 2. The van der Waals surface area contributed by atoms with Crippen LogP contribution in [0.2, 0.25) is 0 Å². The zero-order chi connectivity index (χ0) is 24.2. The van der Waals surface area contributed by atoms with E-state index in [2.05, 4.69) is 17.0 Å². The van der Waals surface area contributed by atoms with Gasteiger partial charge in [-0.3, -0.25) is 9.52 Å². The molecule has 2 aromatic carbocycles. The molecule has 1 fully saturated rings. The van der Waals surface area contributed by atoms with Crippen LogP contribution in [-0.4, -0.2) is 32.4 Å². The van der Waals surface area contributed by atoms with E-state index >= 15 is 0 Å². The smallest absolute Gasteiger partial charge is 0.339 e. The summed E-state index contributed by atoms with van der Waals surface area (Å²) in [5, 5.41) is 2.95. The molecule has 1 aliphatic carbocycles. The summed E-state index contributed by atoms with van der Waals surface area (Å²) in [5.41, 5.74) is 0.292. The molecule has 9 heteroatoms. The van der Waals surface area contributed by atoms with Gasteiger partial charge in [0.25, 0.3) is 15.9 Å². The van der Waals surface area contributed by atoms with Crippen LogP contribution in [0.15, 0.2) is 47.4 Å². The number of anilines is 1. The molecular formula is C24H29FN2O5S. The van der Waals surface area contributed by atoms with Crippen LogP contribution in [0.1, 0.15) is 55.5 Å². The first-order valence-electron chi connectivity index (χ1n) is 11.0. The summed E-state index contributed by atoms with van der Waals surface area (Å²) in [6.07, 6.45) is 3.08. The molecular weight excluding hydrogens is 447 g/mol. The lowest BCUT2D eigenvalue weighted by Gasteiger charge is -2.30. The second-order valence-corrected chi connectivity index (χ2v) is 10.2. The fourth-order valence-corrected chi connectivity index (χ4v) is 4.94. The normalized spacial score (nSPS) is 19.4.